The number of benzene rings is 9. The monoisotopic (exact) mass is 794 g/mol. The molecule has 2 aromatic heterocycles. The summed E-state index contributed by atoms with van der Waals surface area (Å²) in [6.07, 6.45) is 0. The molecule has 294 valence electrons. The van der Waals surface area contributed by atoms with Crippen molar-refractivity contribution in [2.24, 2.45) is 0 Å². The molecule has 0 amide bonds. The normalized spacial score (nSPS) is 11.2. The maximum absolute atomic E-state index is 2.42. The number of fused-ring (bicyclic) bond motifs is 2. The van der Waals surface area contributed by atoms with E-state index in [2.05, 4.69) is 274 Å². The number of anilines is 6. The fourth-order valence-corrected chi connectivity index (χ4v) is 8.81. The van der Waals surface area contributed by atoms with Gasteiger partial charge in [0.25, 0.3) is 0 Å². The van der Waals surface area contributed by atoms with Crippen LogP contribution in [0.3, 0.4) is 0 Å². The molecule has 0 radical (unpaired) electrons. The number of hydrogen-bond acceptors (Lipinski definition) is 2. The lowest BCUT2D eigenvalue weighted by Gasteiger charge is -2.25. The van der Waals surface area contributed by atoms with Crippen LogP contribution in [0.5, 0.6) is 0 Å². The molecule has 9 aromatic carbocycles. The molecule has 0 spiro atoms. The van der Waals surface area contributed by atoms with E-state index in [0.29, 0.717) is 0 Å². The Morgan fingerprint density at radius 1 is 0.242 bits per heavy atom. The largest absolute Gasteiger partial charge is 0.311 e. The van der Waals surface area contributed by atoms with Crippen molar-refractivity contribution in [3.63, 3.8) is 0 Å². The Balaban J connectivity index is 1.06. The van der Waals surface area contributed by atoms with Gasteiger partial charge in [-0.2, -0.15) is 0 Å². The molecule has 0 aliphatic heterocycles. The lowest BCUT2D eigenvalue weighted by atomic mass is 10.1. The summed E-state index contributed by atoms with van der Waals surface area (Å²) >= 11 is 0. The summed E-state index contributed by atoms with van der Waals surface area (Å²) < 4.78 is 4.83. The highest BCUT2D eigenvalue weighted by molar-refractivity contribution is 6.02. The first-order chi connectivity index (χ1) is 30.8. The number of nitrogens with zero attached hydrogens (tertiary/aromatic N) is 4. The minimum absolute atomic E-state index is 1.09. The van der Waals surface area contributed by atoms with Crippen molar-refractivity contribution in [2.75, 3.05) is 9.80 Å². The summed E-state index contributed by atoms with van der Waals surface area (Å²) in [5.74, 6) is 0. The Morgan fingerprint density at radius 2 is 0.500 bits per heavy atom. The van der Waals surface area contributed by atoms with Crippen LogP contribution >= 0.6 is 0 Å². The van der Waals surface area contributed by atoms with E-state index in [0.717, 1.165) is 79.0 Å². The Kier molecular flexibility index (Phi) is 9.49. The molecule has 0 saturated carbocycles. The van der Waals surface area contributed by atoms with Crippen molar-refractivity contribution in [3.8, 4) is 33.9 Å². The maximum Gasteiger partial charge on any atom is 0.0542 e. The molecule has 0 atom stereocenters. The molecule has 0 aliphatic carbocycles. The quantitative estimate of drug-likeness (QED) is 0.137. The van der Waals surface area contributed by atoms with Crippen LogP contribution in [-0.2, 0) is 0 Å². The molecule has 2 heterocycles. The van der Waals surface area contributed by atoms with Crippen LogP contribution in [0.4, 0.5) is 34.1 Å². The Labute approximate surface area is 362 Å². The molecule has 0 aliphatic rings. The van der Waals surface area contributed by atoms with Crippen molar-refractivity contribution >= 4 is 55.9 Å². The molecule has 4 heteroatoms. The molecular formula is C58H42N4. The van der Waals surface area contributed by atoms with E-state index < -0.39 is 0 Å². The highest BCUT2D eigenvalue weighted by atomic mass is 15.1. The van der Waals surface area contributed by atoms with Crippen LogP contribution in [0.1, 0.15) is 0 Å². The standard InChI is InChI=1S/C58H42N4/c1-7-19-43(20-8-1)55-39-45-41-58-46(42-57(45)61(55)53-35-31-51(32-36-53)59(47-23-11-3-12-24-47)48-25-13-4-14-26-48)40-56(44-21-9-2-10-22-44)62(58)54-37-33-52(34-38-54)60(49-27-15-5-16-28-49)50-29-17-6-18-30-50/h1-42H. The van der Waals surface area contributed by atoms with E-state index in [9.17, 15) is 0 Å². The highest BCUT2D eigenvalue weighted by Gasteiger charge is 2.20. The van der Waals surface area contributed by atoms with Crippen molar-refractivity contribution in [2.45, 2.75) is 0 Å². The van der Waals surface area contributed by atoms with Crippen molar-refractivity contribution in [1.82, 2.24) is 9.13 Å². The number of hydrogen-bond donors (Lipinski definition) is 0. The predicted molar refractivity (Wildman–Crippen MR) is 260 cm³/mol. The number of rotatable bonds is 10. The molecule has 0 N–H and O–H groups in total. The van der Waals surface area contributed by atoms with Crippen molar-refractivity contribution in [1.29, 1.82) is 0 Å². The first-order valence-electron chi connectivity index (χ1n) is 21.1. The summed E-state index contributed by atoms with van der Waals surface area (Å²) in [6, 6.07) is 91.1. The van der Waals surface area contributed by atoms with Gasteiger partial charge in [0, 0.05) is 56.3 Å². The predicted octanol–water partition coefficient (Wildman–Crippen LogP) is 15.8. The van der Waals surface area contributed by atoms with Crippen molar-refractivity contribution < 1.29 is 0 Å². The second-order valence-corrected chi connectivity index (χ2v) is 15.5. The highest BCUT2D eigenvalue weighted by Crippen LogP contribution is 2.41. The molecule has 4 nitrogen and oxygen atoms in total. The van der Waals surface area contributed by atoms with Gasteiger partial charge in [0.1, 0.15) is 0 Å². The third-order valence-electron chi connectivity index (χ3n) is 11.7. The van der Waals surface area contributed by atoms with Gasteiger partial charge < -0.3 is 18.9 Å². The Hall–Kier alpha value is -8.34. The lowest BCUT2D eigenvalue weighted by Crippen LogP contribution is -2.09. The van der Waals surface area contributed by atoms with Gasteiger partial charge in [0.15, 0.2) is 0 Å². The summed E-state index contributed by atoms with van der Waals surface area (Å²) in [4.78, 5) is 4.61. The minimum Gasteiger partial charge on any atom is -0.311 e. The van der Waals surface area contributed by atoms with E-state index in [-0.39, 0.29) is 0 Å². The Bertz CT molecular complexity index is 2930. The smallest absolute Gasteiger partial charge is 0.0542 e. The Morgan fingerprint density at radius 3 is 0.790 bits per heavy atom. The average molecular weight is 795 g/mol. The number of para-hydroxylation sites is 4. The zero-order chi connectivity index (χ0) is 41.2. The topological polar surface area (TPSA) is 16.3 Å². The SMILES string of the molecule is c1ccc(-c2cc3cc4c(cc(-c5ccccc5)n4-c4ccc(N(c5ccccc5)c5ccccc5)cc4)cc3n2-c2ccc(N(c3ccccc3)c3ccccc3)cc2)cc1. The van der Waals surface area contributed by atoms with Gasteiger partial charge in [-0.05, 0) is 132 Å². The third kappa shape index (κ3) is 6.80. The zero-order valence-electron chi connectivity index (χ0n) is 34.0. The molecule has 62 heavy (non-hydrogen) atoms. The van der Waals surface area contributed by atoms with E-state index in [1.165, 1.54) is 10.8 Å². The average Bonchev–Trinajstić information content (AvgIpc) is 3.91. The van der Waals surface area contributed by atoms with Crippen LogP contribution < -0.4 is 9.80 Å². The van der Waals surface area contributed by atoms with Gasteiger partial charge in [-0.1, -0.05) is 133 Å². The zero-order valence-corrected chi connectivity index (χ0v) is 34.0. The fourth-order valence-electron chi connectivity index (χ4n) is 8.81. The van der Waals surface area contributed by atoms with Crippen LogP contribution in [0.15, 0.2) is 255 Å². The van der Waals surface area contributed by atoms with E-state index >= 15 is 0 Å². The molecule has 0 bridgehead atoms. The van der Waals surface area contributed by atoms with Crippen LogP contribution in [0.2, 0.25) is 0 Å². The van der Waals surface area contributed by atoms with Gasteiger partial charge in [0.2, 0.25) is 0 Å². The van der Waals surface area contributed by atoms with E-state index in [1.807, 2.05) is 0 Å². The number of aromatic nitrogens is 2. The summed E-state index contributed by atoms with van der Waals surface area (Å²) in [7, 11) is 0. The minimum atomic E-state index is 1.09. The second kappa shape index (κ2) is 16.0. The van der Waals surface area contributed by atoms with Crippen LogP contribution in [0.25, 0.3) is 55.7 Å². The molecule has 11 rings (SSSR count). The van der Waals surface area contributed by atoms with Gasteiger partial charge in [-0.15, -0.1) is 0 Å². The summed E-state index contributed by atoms with van der Waals surface area (Å²) in [5, 5.41) is 2.34. The molecule has 0 fully saturated rings. The molecule has 0 unspecified atom stereocenters. The van der Waals surface area contributed by atoms with Gasteiger partial charge in [-0.25, -0.2) is 0 Å². The molecule has 0 saturated heterocycles. The molecular weight excluding hydrogens is 753 g/mol. The van der Waals surface area contributed by atoms with E-state index in [4.69, 9.17) is 0 Å². The first-order valence-corrected chi connectivity index (χ1v) is 21.1. The first kappa shape index (κ1) is 36.7. The third-order valence-corrected chi connectivity index (χ3v) is 11.7. The summed E-state index contributed by atoms with van der Waals surface area (Å²) in [5.41, 5.74) is 15.8. The fraction of sp³-hybridized carbons (Fsp3) is 0. The van der Waals surface area contributed by atoms with Crippen molar-refractivity contribution in [3.05, 3.63) is 255 Å². The molecule has 11 aromatic rings. The summed E-state index contributed by atoms with van der Waals surface area (Å²) in [6.45, 7) is 0. The van der Waals surface area contributed by atoms with E-state index in [1.54, 1.807) is 0 Å². The second-order valence-electron chi connectivity index (χ2n) is 15.5. The van der Waals surface area contributed by atoms with Gasteiger partial charge in [0.05, 0.1) is 22.4 Å². The van der Waals surface area contributed by atoms with Gasteiger partial charge >= 0.3 is 0 Å². The van der Waals surface area contributed by atoms with Crippen LogP contribution in [0, 0.1) is 0 Å². The maximum atomic E-state index is 2.42. The van der Waals surface area contributed by atoms with Crippen LogP contribution in [-0.4, -0.2) is 9.13 Å². The lowest BCUT2D eigenvalue weighted by molar-refractivity contribution is 1.13. The van der Waals surface area contributed by atoms with Gasteiger partial charge in [-0.3, -0.25) is 0 Å².